The van der Waals surface area contributed by atoms with E-state index in [1.54, 1.807) is 42.7 Å². The van der Waals surface area contributed by atoms with Crippen LogP contribution in [0.15, 0.2) is 52.5 Å². The van der Waals surface area contributed by atoms with E-state index in [4.69, 9.17) is 10.00 Å². The van der Waals surface area contributed by atoms with Crippen molar-refractivity contribution in [3.05, 3.63) is 64.1 Å². The molecule has 0 amide bonds. The highest BCUT2D eigenvalue weighted by Gasteiger charge is 2.13. The molecule has 3 rings (SSSR count). The number of pyridine rings is 1. The third-order valence-corrected chi connectivity index (χ3v) is 4.02. The molecule has 3 aromatic rings. The lowest BCUT2D eigenvalue weighted by molar-refractivity contribution is 0.461. The van der Waals surface area contributed by atoms with Crippen molar-refractivity contribution in [3.63, 3.8) is 0 Å². The molecule has 0 bridgehead atoms. The van der Waals surface area contributed by atoms with Gasteiger partial charge >= 0.3 is 0 Å². The van der Waals surface area contributed by atoms with E-state index in [0.29, 0.717) is 27.7 Å². The molecule has 0 spiro atoms. The summed E-state index contributed by atoms with van der Waals surface area (Å²) < 4.78 is 5.63. The number of rotatable bonds is 4. The zero-order valence-electron chi connectivity index (χ0n) is 13.6. The van der Waals surface area contributed by atoms with Crippen LogP contribution in [0.4, 0.5) is 0 Å². The van der Waals surface area contributed by atoms with Crippen LogP contribution in [0, 0.1) is 22.7 Å². The van der Waals surface area contributed by atoms with Gasteiger partial charge in [0.05, 0.1) is 5.69 Å². The van der Waals surface area contributed by atoms with Gasteiger partial charge in [0.15, 0.2) is 5.16 Å². The summed E-state index contributed by atoms with van der Waals surface area (Å²) in [5, 5.41) is 18.8. The van der Waals surface area contributed by atoms with E-state index in [0.717, 1.165) is 0 Å². The number of aromatic nitrogens is 3. The van der Waals surface area contributed by atoms with Crippen molar-refractivity contribution in [2.75, 3.05) is 6.26 Å². The van der Waals surface area contributed by atoms with Crippen LogP contribution in [0.25, 0.3) is 11.3 Å². The largest absolute Gasteiger partial charge is 0.438 e. The summed E-state index contributed by atoms with van der Waals surface area (Å²) in [6.45, 7) is 0. The number of hydrogen-bond acceptors (Lipinski definition) is 7. The van der Waals surface area contributed by atoms with Gasteiger partial charge in [0.25, 0.3) is 5.56 Å². The van der Waals surface area contributed by atoms with Gasteiger partial charge in [0, 0.05) is 11.8 Å². The number of aromatic amines is 1. The Morgan fingerprint density at radius 1 is 1.15 bits per heavy atom. The Labute approximate surface area is 152 Å². The highest BCUT2D eigenvalue weighted by atomic mass is 32.2. The van der Waals surface area contributed by atoms with Crippen LogP contribution in [0.5, 0.6) is 11.6 Å². The Bertz CT molecular complexity index is 1090. The molecule has 2 heterocycles. The lowest BCUT2D eigenvalue weighted by Crippen LogP contribution is -2.14. The van der Waals surface area contributed by atoms with Crippen molar-refractivity contribution < 1.29 is 4.74 Å². The van der Waals surface area contributed by atoms with E-state index in [-0.39, 0.29) is 11.4 Å². The Hall–Kier alpha value is -3.62. The first-order valence-corrected chi connectivity index (χ1v) is 8.60. The molecular formula is C18H11N5O2S. The summed E-state index contributed by atoms with van der Waals surface area (Å²) in [6.07, 6.45) is 3.32. The molecule has 2 aromatic heterocycles. The van der Waals surface area contributed by atoms with Crippen molar-refractivity contribution in [1.29, 1.82) is 10.5 Å². The highest BCUT2D eigenvalue weighted by Crippen LogP contribution is 2.27. The molecule has 8 heteroatoms. The summed E-state index contributed by atoms with van der Waals surface area (Å²) in [7, 11) is 0. The van der Waals surface area contributed by atoms with Crippen LogP contribution >= 0.6 is 11.8 Å². The lowest BCUT2D eigenvalue weighted by atomic mass is 10.1. The number of benzene rings is 1. The fourth-order valence-corrected chi connectivity index (χ4v) is 2.59. The first kappa shape index (κ1) is 17.2. The van der Waals surface area contributed by atoms with Crippen LogP contribution in [0.1, 0.15) is 11.1 Å². The molecule has 0 aliphatic rings. The van der Waals surface area contributed by atoms with Crippen LogP contribution < -0.4 is 10.3 Å². The predicted octanol–water partition coefficient (Wildman–Crippen LogP) is 3.09. The molecule has 0 saturated heterocycles. The molecule has 0 aliphatic carbocycles. The SMILES string of the molecule is CSc1nc(-c2ccc(Oc3ncccc3C#N)cc2)c(C#N)c(=O)[nH]1. The van der Waals surface area contributed by atoms with Gasteiger partial charge in [0.1, 0.15) is 29.0 Å². The summed E-state index contributed by atoms with van der Waals surface area (Å²) in [6, 6.07) is 13.9. The zero-order chi connectivity index (χ0) is 18.5. The van der Waals surface area contributed by atoms with Crippen molar-refractivity contribution in [1.82, 2.24) is 15.0 Å². The molecular weight excluding hydrogens is 350 g/mol. The van der Waals surface area contributed by atoms with Crippen LogP contribution in [0.2, 0.25) is 0 Å². The van der Waals surface area contributed by atoms with Gasteiger partial charge in [-0.25, -0.2) is 9.97 Å². The quantitative estimate of drug-likeness (QED) is 0.561. The van der Waals surface area contributed by atoms with Gasteiger partial charge in [-0.3, -0.25) is 4.79 Å². The van der Waals surface area contributed by atoms with Crippen molar-refractivity contribution in [2.24, 2.45) is 0 Å². The maximum absolute atomic E-state index is 12.0. The standard InChI is InChI=1S/C18H11N5O2S/c1-26-18-22-15(14(10-20)16(24)23-18)11-4-6-13(7-5-11)25-17-12(9-19)3-2-8-21-17/h2-8H,1H3,(H,22,23,24). The maximum atomic E-state index is 12.0. The second-order valence-electron chi connectivity index (χ2n) is 5.00. The number of nitrogens with one attached hydrogen (secondary N) is 1. The van der Waals surface area contributed by atoms with Gasteiger partial charge in [-0.2, -0.15) is 10.5 Å². The van der Waals surface area contributed by atoms with Crippen molar-refractivity contribution >= 4 is 11.8 Å². The van der Waals surface area contributed by atoms with Gasteiger partial charge in [0.2, 0.25) is 5.88 Å². The monoisotopic (exact) mass is 361 g/mol. The van der Waals surface area contributed by atoms with E-state index < -0.39 is 5.56 Å². The fraction of sp³-hybridized carbons (Fsp3) is 0.0556. The normalized spacial score (nSPS) is 9.96. The zero-order valence-corrected chi connectivity index (χ0v) is 14.4. The Kier molecular flexibility index (Phi) is 4.97. The highest BCUT2D eigenvalue weighted by molar-refractivity contribution is 7.98. The number of nitrogens with zero attached hydrogens (tertiary/aromatic N) is 4. The molecule has 0 atom stereocenters. The van der Waals surface area contributed by atoms with Crippen LogP contribution in [0.3, 0.4) is 0 Å². The number of nitriles is 2. The first-order valence-electron chi connectivity index (χ1n) is 7.38. The van der Waals surface area contributed by atoms with Gasteiger partial charge in [-0.1, -0.05) is 11.8 Å². The van der Waals surface area contributed by atoms with Crippen molar-refractivity contribution in [3.8, 4) is 35.0 Å². The Balaban J connectivity index is 1.96. The lowest BCUT2D eigenvalue weighted by Gasteiger charge is -2.08. The minimum atomic E-state index is -0.477. The Morgan fingerprint density at radius 3 is 2.58 bits per heavy atom. The van der Waals surface area contributed by atoms with Gasteiger partial charge in [-0.15, -0.1) is 0 Å². The predicted molar refractivity (Wildman–Crippen MR) is 95.8 cm³/mol. The maximum Gasteiger partial charge on any atom is 0.270 e. The van der Waals surface area contributed by atoms with Crippen LogP contribution in [-0.4, -0.2) is 21.2 Å². The fourth-order valence-electron chi connectivity index (χ4n) is 2.21. The summed E-state index contributed by atoms with van der Waals surface area (Å²) in [4.78, 5) is 22.9. The van der Waals surface area contributed by atoms with E-state index in [2.05, 4.69) is 15.0 Å². The Morgan fingerprint density at radius 2 is 1.92 bits per heavy atom. The summed E-state index contributed by atoms with van der Waals surface area (Å²) in [5.41, 5.74) is 0.714. The molecule has 0 fully saturated rings. The summed E-state index contributed by atoms with van der Waals surface area (Å²) >= 11 is 1.28. The minimum Gasteiger partial charge on any atom is -0.438 e. The molecule has 1 N–H and O–H groups in total. The number of hydrogen-bond donors (Lipinski definition) is 1. The molecule has 126 valence electrons. The third-order valence-electron chi connectivity index (χ3n) is 3.44. The molecule has 0 saturated carbocycles. The van der Waals surface area contributed by atoms with E-state index >= 15 is 0 Å². The number of H-pyrrole nitrogens is 1. The number of thioether (sulfide) groups is 1. The molecule has 7 nitrogen and oxygen atoms in total. The topological polar surface area (TPSA) is 115 Å². The molecule has 26 heavy (non-hydrogen) atoms. The molecule has 0 radical (unpaired) electrons. The third kappa shape index (κ3) is 3.41. The second kappa shape index (κ2) is 7.51. The average Bonchev–Trinajstić information content (AvgIpc) is 2.68. The van der Waals surface area contributed by atoms with Crippen LogP contribution in [-0.2, 0) is 0 Å². The smallest absolute Gasteiger partial charge is 0.270 e. The van der Waals surface area contributed by atoms with E-state index in [1.165, 1.54) is 18.0 Å². The average molecular weight is 361 g/mol. The van der Waals surface area contributed by atoms with E-state index in [9.17, 15) is 10.1 Å². The van der Waals surface area contributed by atoms with Gasteiger partial charge < -0.3 is 9.72 Å². The summed E-state index contributed by atoms with van der Waals surface area (Å²) in [5.74, 6) is 0.678. The minimum absolute atomic E-state index is 0.0482. The molecule has 1 aromatic carbocycles. The first-order chi connectivity index (χ1) is 12.7. The second-order valence-corrected chi connectivity index (χ2v) is 5.80. The van der Waals surface area contributed by atoms with E-state index in [1.807, 2.05) is 12.1 Å². The molecule has 0 aliphatic heterocycles. The van der Waals surface area contributed by atoms with Crippen molar-refractivity contribution in [2.45, 2.75) is 5.16 Å². The number of ether oxygens (including phenoxy) is 1. The molecule has 0 unspecified atom stereocenters. The van der Waals surface area contributed by atoms with Gasteiger partial charge in [-0.05, 0) is 42.7 Å².